The summed E-state index contributed by atoms with van der Waals surface area (Å²) in [7, 11) is 1.65. The second-order valence-corrected chi connectivity index (χ2v) is 6.57. The molecule has 0 saturated heterocycles. The van der Waals surface area contributed by atoms with Crippen LogP contribution < -0.4 is 14.8 Å². The van der Waals surface area contributed by atoms with Crippen molar-refractivity contribution in [1.29, 1.82) is 5.26 Å². The highest BCUT2D eigenvalue weighted by Gasteiger charge is 2.16. The Morgan fingerprint density at radius 3 is 2.75 bits per heavy atom. The van der Waals surface area contributed by atoms with Crippen LogP contribution in [0.4, 0.5) is 0 Å². The second kappa shape index (κ2) is 9.01. The summed E-state index contributed by atoms with van der Waals surface area (Å²) < 4.78 is 16.7. The van der Waals surface area contributed by atoms with E-state index >= 15 is 0 Å². The lowest BCUT2D eigenvalue weighted by molar-refractivity contribution is 0.224. The number of rotatable bonds is 7. The Morgan fingerprint density at radius 1 is 1.18 bits per heavy atom. The molecule has 5 heteroatoms. The summed E-state index contributed by atoms with van der Waals surface area (Å²) in [6.45, 7) is 4.14. The molecule has 1 aliphatic rings. The van der Waals surface area contributed by atoms with E-state index in [0.717, 1.165) is 28.3 Å². The number of nitrogens with zero attached hydrogens (tertiary/aromatic N) is 1. The van der Waals surface area contributed by atoms with E-state index in [1.165, 1.54) is 0 Å². The molecule has 0 amide bonds. The van der Waals surface area contributed by atoms with Gasteiger partial charge in [0.15, 0.2) is 6.61 Å². The van der Waals surface area contributed by atoms with Crippen LogP contribution in [0.1, 0.15) is 31.0 Å². The van der Waals surface area contributed by atoms with Gasteiger partial charge in [0.2, 0.25) is 0 Å². The molecule has 2 atom stereocenters. The molecule has 1 aliphatic heterocycles. The lowest BCUT2D eigenvalue weighted by Crippen LogP contribution is -2.22. The first kappa shape index (κ1) is 19.4. The third-order valence-electron chi connectivity index (χ3n) is 4.41. The van der Waals surface area contributed by atoms with Crippen molar-refractivity contribution < 1.29 is 14.2 Å². The Morgan fingerprint density at radius 2 is 1.96 bits per heavy atom. The number of nitrogens with one attached hydrogen (secondary N) is 1. The van der Waals surface area contributed by atoms with Gasteiger partial charge in [0.05, 0.1) is 7.11 Å². The van der Waals surface area contributed by atoms with Gasteiger partial charge in [-0.3, -0.25) is 0 Å². The van der Waals surface area contributed by atoms with Crippen LogP contribution in [-0.4, -0.2) is 19.8 Å². The lowest BCUT2D eigenvalue weighted by atomic mass is 10.1. The van der Waals surface area contributed by atoms with E-state index in [-0.39, 0.29) is 18.8 Å². The number of ether oxygens (including phenoxy) is 3. The minimum absolute atomic E-state index is 0.0396. The van der Waals surface area contributed by atoms with Gasteiger partial charge in [-0.15, -0.1) is 0 Å². The average molecular weight is 376 g/mol. The SMILES string of the molecule is COc1cccc(C2=CC(NC(C)c3cccc(OCC#N)c3)=CC(C)O2)c1. The summed E-state index contributed by atoms with van der Waals surface area (Å²) in [5.74, 6) is 2.28. The van der Waals surface area contributed by atoms with Gasteiger partial charge in [0.25, 0.3) is 0 Å². The van der Waals surface area contributed by atoms with Gasteiger partial charge in [-0.2, -0.15) is 5.26 Å². The summed E-state index contributed by atoms with van der Waals surface area (Å²) in [5.41, 5.74) is 3.04. The first-order chi connectivity index (χ1) is 13.6. The maximum absolute atomic E-state index is 8.68. The van der Waals surface area contributed by atoms with Gasteiger partial charge in [-0.25, -0.2) is 0 Å². The summed E-state index contributed by atoms with van der Waals surface area (Å²) in [6, 6.07) is 17.6. The van der Waals surface area contributed by atoms with Crippen molar-refractivity contribution in [2.24, 2.45) is 0 Å². The summed E-state index contributed by atoms with van der Waals surface area (Å²) >= 11 is 0. The largest absolute Gasteiger partial charge is 0.497 e. The highest BCUT2D eigenvalue weighted by Crippen LogP contribution is 2.28. The molecule has 3 rings (SSSR count). The molecular weight excluding hydrogens is 352 g/mol. The zero-order valence-electron chi connectivity index (χ0n) is 16.3. The quantitative estimate of drug-likeness (QED) is 0.766. The third kappa shape index (κ3) is 4.86. The van der Waals surface area contributed by atoms with Crippen LogP contribution >= 0.6 is 0 Å². The number of nitriles is 1. The molecule has 28 heavy (non-hydrogen) atoms. The molecule has 0 radical (unpaired) electrons. The van der Waals surface area contributed by atoms with Crippen LogP contribution in [0.3, 0.4) is 0 Å². The number of benzene rings is 2. The number of hydrogen-bond donors (Lipinski definition) is 1. The highest BCUT2D eigenvalue weighted by molar-refractivity contribution is 5.65. The van der Waals surface area contributed by atoms with Gasteiger partial charge in [-0.05, 0) is 49.8 Å². The molecule has 0 aromatic heterocycles. The fourth-order valence-corrected chi connectivity index (χ4v) is 3.05. The number of methoxy groups -OCH3 is 1. The van der Waals surface area contributed by atoms with E-state index < -0.39 is 0 Å². The number of allylic oxidation sites excluding steroid dienone is 1. The molecule has 144 valence electrons. The zero-order valence-corrected chi connectivity index (χ0v) is 16.3. The lowest BCUT2D eigenvalue weighted by Gasteiger charge is -2.24. The normalized spacial score (nSPS) is 16.7. The van der Waals surface area contributed by atoms with E-state index in [9.17, 15) is 0 Å². The van der Waals surface area contributed by atoms with E-state index in [2.05, 4.69) is 18.3 Å². The molecule has 5 nitrogen and oxygen atoms in total. The maximum atomic E-state index is 8.68. The zero-order chi connectivity index (χ0) is 19.9. The van der Waals surface area contributed by atoms with E-state index in [1.807, 2.05) is 67.6 Å². The van der Waals surface area contributed by atoms with Crippen molar-refractivity contribution in [3.05, 3.63) is 77.5 Å². The second-order valence-electron chi connectivity index (χ2n) is 6.57. The van der Waals surface area contributed by atoms with Crippen LogP contribution in [-0.2, 0) is 4.74 Å². The van der Waals surface area contributed by atoms with Crippen LogP contribution in [0, 0.1) is 11.3 Å². The first-order valence-corrected chi connectivity index (χ1v) is 9.20. The summed E-state index contributed by atoms with van der Waals surface area (Å²) in [4.78, 5) is 0. The third-order valence-corrected chi connectivity index (χ3v) is 4.41. The molecule has 0 spiro atoms. The van der Waals surface area contributed by atoms with Gasteiger partial charge in [-0.1, -0.05) is 24.3 Å². The minimum Gasteiger partial charge on any atom is -0.497 e. The van der Waals surface area contributed by atoms with Gasteiger partial charge in [0, 0.05) is 23.4 Å². The van der Waals surface area contributed by atoms with Crippen molar-refractivity contribution >= 4 is 5.76 Å². The van der Waals surface area contributed by atoms with E-state index in [4.69, 9.17) is 19.5 Å². The van der Waals surface area contributed by atoms with Crippen molar-refractivity contribution in [2.45, 2.75) is 26.0 Å². The fraction of sp³-hybridized carbons (Fsp3) is 0.261. The summed E-state index contributed by atoms with van der Waals surface area (Å²) in [6.07, 6.45) is 4.00. The van der Waals surface area contributed by atoms with Crippen molar-refractivity contribution in [3.8, 4) is 17.6 Å². The Bertz CT molecular complexity index is 927. The number of hydrogen-bond acceptors (Lipinski definition) is 5. The van der Waals surface area contributed by atoms with Crippen LogP contribution in [0.25, 0.3) is 5.76 Å². The van der Waals surface area contributed by atoms with Crippen LogP contribution in [0.2, 0.25) is 0 Å². The van der Waals surface area contributed by atoms with Gasteiger partial charge < -0.3 is 19.5 Å². The summed E-state index contributed by atoms with van der Waals surface area (Å²) in [5, 5.41) is 12.2. The van der Waals surface area contributed by atoms with Gasteiger partial charge >= 0.3 is 0 Å². The predicted octanol–water partition coefficient (Wildman–Crippen LogP) is 4.59. The fourth-order valence-electron chi connectivity index (χ4n) is 3.05. The molecule has 0 saturated carbocycles. The van der Waals surface area contributed by atoms with E-state index in [1.54, 1.807) is 7.11 Å². The topological polar surface area (TPSA) is 63.5 Å². The average Bonchev–Trinajstić information content (AvgIpc) is 2.72. The Kier molecular flexibility index (Phi) is 6.23. The molecule has 2 unspecified atom stereocenters. The molecule has 1 heterocycles. The van der Waals surface area contributed by atoms with Crippen LogP contribution in [0.15, 0.2) is 66.4 Å². The molecular formula is C23H24N2O3. The van der Waals surface area contributed by atoms with Crippen molar-refractivity contribution in [2.75, 3.05) is 13.7 Å². The molecule has 0 fully saturated rings. The Hall–Kier alpha value is -3.39. The Labute approximate surface area is 165 Å². The maximum Gasteiger partial charge on any atom is 0.174 e. The molecule has 1 N–H and O–H groups in total. The highest BCUT2D eigenvalue weighted by atomic mass is 16.5. The van der Waals surface area contributed by atoms with Crippen LogP contribution in [0.5, 0.6) is 11.5 Å². The standard InChI is InChI=1S/C23H24N2O3/c1-16-12-20(15-23(28-16)19-7-5-8-21(14-19)26-3)25-17(2)18-6-4-9-22(13-18)27-11-10-24/h4-9,12-17,25H,11H2,1-3H3. The first-order valence-electron chi connectivity index (χ1n) is 9.20. The minimum atomic E-state index is -0.0498. The molecule has 2 aromatic rings. The Balaban J connectivity index is 1.77. The smallest absolute Gasteiger partial charge is 0.174 e. The predicted molar refractivity (Wildman–Crippen MR) is 109 cm³/mol. The van der Waals surface area contributed by atoms with E-state index in [0.29, 0.717) is 5.75 Å². The van der Waals surface area contributed by atoms with Crippen molar-refractivity contribution in [1.82, 2.24) is 5.32 Å². The molecule has 0 aliphatic carbocycles. The molecule has 2 aromatic carbocycles. The van der Waals surface area contributed by atoms with Crippen molar-refractivity contribution in [3.63, 3.8) is 0 Å². The van der Waals surface area contributed by atoms with Gasteiger partial charge in [0.1, 0.15) is 29.4 Å². The molecule has 0 bridgehead atoms. The monoisotopic (exact) mass is 376 g/mol.